The number of sulfonamides is 1. The Morgan fingerprint density at radius 3 is 1.19 bits per heavy atom. The number of carbonyl (C=O) groups is 4. The van der Waals surface area contributed by atoms with Crippen molar-refractivity contribution in [3.05, 3.63) is 188 Å². The minimum Gasteiger partial charge on any atom is -0.477 e. The predicted molar refractivity (Wildman–Crippen MR) is 270 cm³/mol. The lowest BCUT2D eigenvalue weighted by Crippen LogP contribution is -2.29. The van der Waals surface area contributed by atoms with Crippen LogP contribution in [0, 0.1) is 30.3 Å². The number of ether oxygens (including phenoxy) is 5. The Morgan fingerprint density at radius 2 is 0.892 bits per heavy atom. The molecule has 442 valence electrons. The summed E-state index contributed by atoms with van der Waals surface area (Å²) in [5.74, 6) is -5.87. The number of hydrogen-bond acceptors (Lipinski definition) is 17. The van der Waals surface area contributed by atoms with Crippen LogP contribution in [-0.2, 0) is 42.8 Å². The number of rotatable bonds is 16. The first-order valence-corrected chi connectivity index (χ1v) is 25.0. The van der Waals surface area contributed by atoms with Gasteiger partial charge in [0.2, 0.25) is 10.0 Å². The Balaban J connectivity index is 0.000000269. The second kappa shape index (κ2) is 27.2. The van der Waals surface area contributed by atoms with Gasteiger partial charge in [-0.15, -0.1) is 0 Å². The van der Waals surface area contributed by atoms with Crippen LogP contribution in [0.5, 0.6) is 34.5 Å². The fraction of sp³-hybridized carbons (Fsp3) is 0.167. The number of carboxylic acids is 1. The Bertz CT molecular complexity index is 3630. The van der Waals surface area contributed by atoms with Gasteiger partial charge >= 0.3 is 36.4 Å². The number of nitrogens with zero attached hydrogens (tertiary/aromatic N) is 3. The smallest absolute Gasteiger partial charge is 0.416 e. The van der Waals surface area contributed by atoms with E-state index in [1.165, 1.54) is 6.92 Å². The highest BCUT2D eigenvalue weighted by atomic mass is 35.5. The molecule has 0 saturated heterocycles. The highest BCUT2D eigenvalue weighted by molar-refractivity contribution is 7.89. The number of esters is 2. The van der Waals surface area contributed by atoms with E-state index in [1.54, 1.807) is 11.6 Å². The molecule has 22 nitrogen and oxygen atoms in total. The van der Waals surface area contributed by atoms with Crippen LogP contribution < -0.4 is 18.9 Å². The number of benzene rings is 6. The second-order valence-corrected chi connectivity index (χ2v) is 18.8. The predicted octanol–water partition coefficient (Wildman–Crippen LogP) is 13.7. The van der Waals surface area contributed by atoms with Crippen molar-refractivity contribution < 1.29 is 111 Å². The lowest BCUT2D eigenvalue weighted by molar-refractivity contribution is -0.385. The van der Waals surface area contributed by atoms with Gasteiger partial charge in [0, 0.05) is 36.4 Å². The maximum Gasteiger partial charge on any atom is 0.416 e. The van der Waals surface area contributed by atoms with Crippen molar-refractivity contribution in [1.82, 2.24) is 4.72 Å². The van der Waals surface area contributed by atoms with Crippen molar-refractivity contribution in [2.24, 2.45) is 0 Å². The molecule has 6 aromatic rings. The Morgan fingerprint density at radius 1 is 0.566 bits per heavy atom. The van der Waals surface area contributed by atoms with Crippen LogP contribution in [0.15, 0.2) is 109 Å². The van der Waals surface area contributed by atoms with Crippen LogP contribution in [0.4, 0.5) is 56.6 Å². The third kappa shape index (κ3) is 19.0. The molecule has 0 heterocycles. The first-order valence-electron chi connectivity index (χ1n) is 21.9. The lowest BCUT2D eigenvalue weighted by Gasteiger charge is -2.13. The third-order valence-electron chi connectivity index (χ3n) is 9.83. The molecule has 1 atom stereocenters. The van der Waals surface area contributed by atoms with Crippen molar-refractivity contribution in [3.63, 3.8) is 0 Å². The lowest BCUT2D eigenvalue weighted by atomic mass is 10.1. The Labute approximate surface area is 473 Å². The summed E-state index contributed by atoms with van der Waals surface area (Å²) in [5, 5.41) is 40.9. The molecule has 6 rings (SSSR count). The number of nitro groups is 3. The van der Waals surface area contributed by atoms with E-state index in [4.69, 9.17) is 63.6 Å². The summed E-state index contributed by atoms with van der Waals surface area (Å²) < 4.78 is 163. The minimum absolute atomic E-state index is 0.0398. The molecule has 2 N–H and O–H groups in total. The molecule has 1 unspecified atom stereocenters. The van der Waals surface area contributed by atoms with E-state index >= 15 is 0 Å². The average molecular weight is 1260 g/mol. The molecule has 0 bridgehead atoms. The number of aromatic carboxylic acids is 1. The number of carboxylic acid groups (broad SMARTS) is 1. The summed E-state index contributed by atoms with van der Waals surface area (Å²) in [6.45, 7) is 2.81. The van der Waals surface area contributed by atoms with Crippen LogP contribution in [0.1, 0.15) is 61.6 Å². The maximum atomic E-state index is 12.8. The zero-order valence-electron chi connectivity index (χ0n) is 41.3. The first-order chi connectivity index (χ1) is 38.3. The number of nitrogens with one attached hydrogen (secondary N) is 1. The van der Waals surface area contributed by atoms with Crippen LogP contribution in [0.25, 0.3) is 0 Å². The van der Waals surface area contributed by atoms with Crippen LogP contribution in [-0.4, -0.2) is 71.1 Å². The first kappa shape index (κ1) is 66.5. The monoisotopic (exact) mass is 1260 g/mol. The Kier molecular flexibility index (Phi) is 21.8. The van der Waals surface area contributed by atoms with E-state index in [0.717, 1.165) is 84.9 Å². The van der Waals surface area contributed by atoms with Crippen molar-refractivity contribution in [2.45, 2.75) is 38.5 Å². The number of amides is 1. The van der Waals surface area contributed by atoms with E-state index < -0.39 is 129 Å². The number of halogens is 12. The van der Waals surface area contributed by atoms with Gasteiger partial charge in [-0.25, -0.2) is 27.5 Å². The quantitative estimate of drug-likeness (QED) is 0.0393. The van der Waals surface area contributed by atoms with Crippen molar-refractivity contribution >= 4 is 85.7 Å². The highest BCUT2D eigenvalue weighted by Crippen LogP contribution is 2.41. The Hall–Kier alpha value is -9.01. The normalized spacial score (nSPS) is 11.7. The molecule has 0 fully saturated rings. The number of nitro benzene ring substituents is 3. The maximum absolute atomic E-state index is 12.8. The molecular formula is C48H32Cl3F9N4O18S. The molecule has 35 heteroatoms. The fourth-order valence-electron chi connectivity index (χ4n) is 6.15. The third-order valence-corrected chi connectivity index (χ3v) is 11.3. The van der Waals surface area contributed by atoms with Crippen molar-refractivity contribution in [3.8, 4) is 34.5 Å². The molecule has 0 spiro atoms. The van der Waals surface area contributed by atoms with E-state index in [9.17, 15) is 97.5 Å². The molecule has 0 aliphatic rings. The van der Waals surface area contributed by atoms with Gasteiger partial charge < -0.3 is 28.8 Å². The summed E-state index contributed by atoms with van der Waals surface area (Å²) in [4.78, 5) is 77.5. The summed E-state index contributed by atoms with van der Waals surface area (Å²) in [6.07, 6.45) is -14.5. The largest absolute Gasteiger partial charge is 0.477 e. The van der Waals surface area contributed by atoms with Gasteiger partial charge in [0.1, 0.15) is 51.2 Å². The molecular weight excluding hydrogens is 1230 g/mol. The summed E-state index contributed by atoms with van der Waals surface area (Å²) >= 11 is 17.3. The van der Waals surface area contributed by atoms with Gasteiger partial charge in [0.25, 0.3) is 23.0 Å². The molecule has 0 aromatic heterocycles. The summed E-state index contributed by atoms with van der Waals surface area (Å²) in [7, 11) is -4.00. The molecule has 1 amide bonds. The number of alkyl halides is 9. The standard InChI is InChI=1S/C19H15ClF3NO7.C15H10ClF3N2O6S.C14H7ClF3NO5/c1-3-29-17(25)10(2)30-18(26)13-9-12(5-6-15(13)24(27)28)31-16-7-4-11(8-14(16)20)19(21,22)23;1-28(25,26)20-14(22)10-7-9(3-4-12(10)21(23)24)27-13-5-2-8(6-11(13)16)15(17,18)19;15-10-5-7(14(16,17)18)1-4-12(10)24-8-2-3-11(19(22)23)9(6-8)13(20)21/h4-10H,3H2,1-2H3;2-7H,1H3,(H,20,22);1-6H,(H,20,21). The van der Waals surface area contributed by atoms with Gasteiger partial charge in [0.05, 0.1) is 59.4 Å². The fourth-order valence-corrected chi connectivity index (χ4v) is 7.25. The zero-order valence-corrected chi connectivity index (χ0v) is 44.4. The van der Waals surface area contributed by atoms with Gasteiger partial charge in [-0.1, -0.05) is 34.8 Å². The number of hydrogen-bond donors (Lipinski definition) is 2. The SMILES string of the molecule is CCOC(=O)C(C)OC(=O)c1cc(Oc2ccc(C(F)(F)F)cc2Cl)ccc1[N+](=O)[O-].CS(=O)(=O)NC(=O)c1cc(Oc2ccc(C(F)(F)F)cc2Cl)ccc1[N+](=O)[O-].O=C(O)c1cc(Oc2ccc(C(F)(F)F)cc2Cl)ccc1[N+](=O)[O-]. The van der Waals surface area contributed by atoms with Crippen LogP contribution in [0.2, 0.25) is 15.1 Å². The topological polar surface area (TPSA) is 310 Å². The van der Waals surface area contributed by atoms with Gasteiger partial charge in [-0.05, 0) is 86.6 Å². The van der Waals surface area contributed by atoms with E-state index in [-0.39, 0.29) is 51.1 Å². The molecule has 0 aliphatic carbocycles. The summed E-state index contributed by atoms with van der Waals surface area (Å²) in [6, 6.07) is 15.7. The average Bonchev–Trinajstić information content (AvgIpc) is 3.40. The molecule has 0 saturated carbocycles. The van der Waals surface area contributed by atoms with E-state index in [0.29, 0.717) is 30.5 Å². The van der Waals surface area contributed by atoms with Gasteiger partial charge in [-0.3, -0.25) is 35.1 Å². The molecule has 0 radical (unpaired) electrons. The van der Waals surface area contributed by atoms with Crippen molar-refractivity contribution in [1.29, 1.82) is 0 Å². The minimum atomic E-state index is -4.62. The van der Waals surface area contributed by atoms with E-state index in [2.05, 4.69) is 0 Å². The number of carbonyl (C=O) groups excluding carboxylic acids is 3. The molecule has 83 heavy (non-hydrogen) atoms. The zero-order chi connectivity index (χ0) is 62.7. The van der Waals surface area contributed by atoms with Gasteiger partial charge in [-0.2, -0.15) is 39.5 Å². The van der Waals surface area contributed by atoms with Crippen LogP contribution in [0.3, 0.4) is 0 Å². The van der Waals surface area contributed by atoms with Gasteiger partial charge in [0.15, 0.2) is 6.10 Å². The summed E-state index contributed by atoms with van der Waals surface area (Å²) in [5.41, 5.74) is -6.76. The van der Waals surface area contributed by atoms with Crippen LogP contribution >= 0.6 is 34.8 Å². The second-order valence-electron chi connectivity index (χ2n) is 15.9. The van der Waals surface area contributed by atoms with Crippen molar-refractivity contribution in [2.75, 3.05) is 12.9 Å². The van der Waals surface area contributed by atoms with E-state index in [1.807, 2.05) is 0 Å². The molecule has 0 aliphatic heterocycles. The highest BCUT2D eigenvalue weighted by Gasteiger charge is 2.34. The molecule has 6 aromatic carbocycles.